The molecule has 0 aliphatic carbocycles. The molecule has 2 aromatic carbocycles. The molecule has 0 aliphatic rings. The molecular formula is C21H22N4O. The van der Waals surface area contributed by atoms with Crippen molar-refractivity contribution in [1.29, 1.82) is 0 Å². The quantitative estimate of drug-likeness (QED) is 0.592. The topological polar surface area (TPSA) is 55.9 Å². The number of oxazole rings is 1. The first-order valence-corrected chi connectivity index (χ1v) is 8.76. The van der Waals surface area contributed by atoms with Crippen molar-refractivity contribution in [2.75, 3.05) is 0 Å². The van der Waals surface area contributed by atoms with E-state index in [9.17, 15) is 0 Å². The molecule has 2 aromatic heterocycles. The van der Waals surface area contributed by atoms with Crippen LogP contribution in [0, 0.1) is 13.8 Å². The Balaban J connectivity index is 1.71. The zero-order chi connectivity index (χ0) is 18.1. The highest BCUT2D eigenvalue weighted by atomic mass is 16.4. The Morgan fingerprint density at radius 3 is 2.42 bits per heavy atom. The Kier molecular flexibility index (Phi) is 4.31. The van der Waals surface area contributed by atoms with E-state index in [2.05, 4.69) is 40.1 Å². The lowest BCUT2D eigenvalue weighted by atomic mass is 10.1. The first-order chi connectivity index (χ1) is 12.6. The molecule has 2 heterocycles. The average molecular weight is 346 g/mol. The molecule has 0 radical (unpaired) electrons. The number of aryl methyl sites for hydroxylation is 3. The van der Waals surface area contributed by atoms with Gasteiger partial charge in [-0.2, -0.15) is 0 Å². The number of rotatable bonds is 5. The van der Waals surface area contributed by atoms with Gasteiger partial charge in [0.05, 0.1) is 29.3 Å². The molecule has 4 rings (SSSR count). The number of aromatic nitrogens is 3. The van der Waals surface area contributed by atoms with Crippen molar-refractivity contribution in [1.82, 2.24) is 19.9 Å². The molecule has 132 valence electrons. The molecule has 0 saturated heterocycles. The fraction of sp³-hybridized carbons (Fsp3) is 0.238. The summed E-state index contributed by atoms with van der Waals surface area (Å²) in [6, 6.07) is 18.5. The monoisotopic (exact) mass is 346 g/mol. The highest BCUT2D eigenvalue weighted by Crippen LogP contribution is 2.25. The highest BCUT2D eigenvalue weighted by molar-refractivity contribution is 5.76. The van der Waals surface area contributed by atoms with Crippen LogP contribution in [-0.2, 0) is 13.6 Å². The van der Waals surface area contributed by atoms with Gasteiger partial charge in [-0.25, -0.2) is 9.97 Å². The summed E-state index contributed by atoms with van der Waals surface area (Å²) in [5, 5.41) is 3.57. The number of para-hydroxylation sites is 2. The fourth-order valence-corrected chi connectivity index (χ4v) is 3.23. The van der Waals surface area contributed by atoms with E-state index < -0.39 is 0 Å². The summed E-state index contributed by atoms with van der Waals surface area (Å²) in [5.74, 6) is 2.53. The van der Waals surface area contributed by atoms with Gasteiger partial charge in [-0.05, 0) is 31.5 Å². The third-order valence-electron chi connectivity index (χ3n) is 4.74. The minimum Gasteiger partial charge on any atom is -0.444 e. The molecule has 0 bridgehead atoms. The van der Waals surface area contributed by atoms with Gasteiger partial charge in [-0.1, -0.05) is 42.5 Å². The molecule has 4 aromatic rings. The van der Waals surface area contributed by atoms with Crippen LogP contribution in [0.1, 0.15) is 34.8 Å². The highest BCUT2D eigenvalue weighted by Gasteiger charge is 2.21. The molecule has 26 heavy (non-hydrogen) atoms. The maximum atomic E-state index is 5.72. The number of nitrogens with one attached hydrogen (secondary N) is 1. The molecule has 5 heteroatoms. The van der Waals surface area contributed by atoms with Gasteiger partial charge in [-0.3, -0.25) is 5.32 Å². The largest absolute Gasteiger partial charge is 0.444 e. The third-order valence-corrected chi connectivity index (χ3v) is 4.74. The second kappa shape index (κ2) is 6.77. The lowest BCUT2D eigenvalue weighted by molar-refractivity contribution is 0.432. The van der Waals surface area contributed by atoms with Crippen LogP contribution in [0.15, 0.2) is 59.0 Å². The number of imidazole rings is 1. The average Bonchev–Trinajstić information content (AvgIpc) is 3.16. The molecule has 1 N–H and O–H groups in total. The van der Waals surface area contributed by atoms with E-state index in [-0.39, 0.29) is 6.04 Å². The van der Waals surface area contributed by atoms with Gasteiger partial charge in [0.15, 0.2) is 0 Å². The second-order valence-corrected chi connectivity index (χ2v) is 6.49. The van der Waals surface area contributed by atoms with E-state index in [1.54, 1.807) is 0 Å². The molecule has 0 aliphatic heterocycles. The Hall–Kier alpha value is -2.92. The number of nitrogens with zero attached hydrogens (tertiary/aromatic N) is 3. The van der Waals surface area contributed by atoms with Crippen molar-refractivity contribution < 1.29 is 4.42 Å². The van der Waals surface area contributed by atoms with Gasteiger partial charge in [0.25, 0.3) is 0 Å². The standard InChI is InChI=1S/C21H22N4O/c1-14-15(2)26-19(23-14)13-22-20(16-9-5-4-6-10-16)21-24-17-11-7-8-12-18(17)25(21)3/h4-12,20,22H,13H2,1-3H3/t20-/m0/s1. The smallest absolute Gasteiger partial charge is 0.208 e. The molecule has 0 amide bonds. The Bertz CT molecular complexity index is 1010. The Labute approximate surface area is 152 Å². The van der Waals surface area contributed by atoms with Crippen molar-refractivity contribution in [3.05, 3.63) is 83.3 Å². The lowest BCUT2D eigenvalue weighted by Crippen LogP contribution is -2.25. The normalized spacial score (nSPS) is 12.6. The third kappa shape index (κ3) is 3.02. The minimum atomic E-state index is -0.0545. The fourth-order valence-electron chi connectivity index (χ4n) is 3.23. The van der Waals surface area contributed by atoms with Crippen LogP contribution in [-0.4, -0.2) is 14.5 Å². The van der Waals surface area contributed by atoms with E-state index in [1.807, 2.05) is 50.2 Å². The summed E-state index contributed by atoms with van der Waals surface area (Å²) < 4.78 is 7.87. The van der Waals surface area contributed by atoms with Gasteiger partial charge in [0, 0.05) is 7.05 Å². The van der Waals surface area contributed by atoms with E-state index in [0.717, 1.165) is 33.9 Å². The summed E-state index contributed by atoms with van der Waals surface area (Å²) in [4.78, 5) is 9.35. The second-order valence-electron chi connectivity index (χ2n) is 6.49. The zero-order valence-electron chi connectivity index (χ0n) is 15.2. The zero-order valence-corrected chi connectivity index (χ0v) is 15.2. The SMILES string of the molecule is Cc1nc(CN[C@@H](c2ccccc2)c2nc3ccccc3n2C)oc1C. The first kappa shape index (κ1) is 16.5. The van der Waals surface area contributed by atoms with Crippen LogP contribution in [0.5, 0.6) is 0 Å². The number of benzene rings is 2. The van der Waals surface area contributed by atoms with Crippen molar-refractivity contribution in [2.24, 2.45) is 7.05 Å². The van der Waals surface area contributed by atoms with E-state index >= 15 is 0 Å². The molecule has 5 nitrogen and oxygen atoms in total. The van der Waals surface area contributed by atoms with E-state index in [0.29, 0.717) is 12.4 Å². The maximum Gasteiger partial charge on any atom is 0.208 e. The predicted octanol–water partition coefficient (Wildman–Crippen LogP) is 4.06. The van der Waals surface area contributed by atoms with Gasteiger partial charge in [-0.15, -0.1) is 0 Å². The Morgan fingerprint density at radius 2 is 1.73 bits per heavy atom. The molecule has 0 saturated carbocycles. The van der Waals surface area contributed by atoms with Crippen LogP contribution < -0.4 is 5.32 Å². The molecule has 0 spiro atoms. The molecule has 0 fully saturated rings. The van der Waals surface area contributed by atoms with Gasteiger partial charge in [0.2, 0.25) is 5.89 Å². The molecule has 0 unspecified atom stereocenters. The summed E-state index contributed by atoms with van der Waals surface area (Å²) in [5.41, 5.74) is 4.20. The lowest BCUT2D eigenvalue weighted by Gasteiger charge is -2.18. The Morgan fingerprint density at radius 1 is 1.00 bits per heavy atom. The summed E-state index contributed by atoms with van der Waals surface area (Å²) in [7, 11) is 2.06. The molecule has 1 atom stereocenters. The number of hydrogen-bond acceptors (Lipinski definition) is 4. The van der Waals surface area contributed by atoms with Crippen LogP contribution in [0.25, 0.3) is 11.0 Å². The van der Waals surface area contributed by atoms with Crippen molar-refractivity contribution in [3.63, 3.8) is 0 Å². The van der Waals surface area contributed by atoms with Crippen molar-refractivity contribution in [3.8, 4) is 0 Å². The van der Waals surface area contributed by atoms with Crippen molar-refractivity contribution in [2.45, 2.75) is 26.4 Å². The number of hydrogen-bond donors (Lipinski definition) is 1. The summed E-state index contributed by atoms with van der Waals surface area (Å²) in [6.07, 6.45) is 0. The van der Waals surface area contributed by atoms with E-state index in [4.69, 9.17) is 9.40 Å². The van der Waals surface area contributed by atoms with E-state index in [1.165, 1.54) is 0 Å². The minimum absolute atomic E-state index is 0.0545. The van der Waals surface area contributed by atoms with Crippen LogP contribution in [0.2, 0.25) is 0 Å². The van der Waals surface area contributed by atoms with Crippen LogP contribution in [0.3, 0.4) is 0 Å². The predicted molar refractivity (Wildman–Crippen MR) is 102 cm³/mol. The summed E-state index contributed by atoms with van der Waals surface area (Å²) >= 11 is 0. The van der Waals surface area contributed by atoms with Crippen LogP contribution in [0.4, 0.5) is 0 Å². The maximum absolute atomic E-state index is 5.72. The van der Waals surface area contributed by atoms with Crippen LogP contribution >= 0.6 is 0 Å². The van der Waals surface area contributed by atoms with Gasteiger partial charge >= 0.3 is 0 Å². The summed E-state index contributed by atoms with van der Waals surface area (Å²) in [6.45, 7) is 4.44. The first-order valence-electron chi connectivity index (χ1n) is 8.76. The van der Waals surface area contributed by atoms with Crippen molar-refractivity contribution >= 4 is 11.0 Å². The number of fused-ring (bicyclic) bond motifs is 1. The van der Waals surface area contributed by atoms with Gasteiger partial charge < -0.3 is 8.98 Å². The molecular weight excluding hydrogens is 324 g/mol. The van der Waals surface area contributed by atoms with Gasteiger partial charge in [0.1, 0.15) is 11.6 Å².